The van der Waals surface area contributed by atoms with E-state index in [9.17, 15) is 19.8 Å². The summed E-state index contributed by atoms with van der Waals surface area (Å²) >= 11 is 0. The maximum Gasteiger partial charge on any atom is 0.303 e. The second-order valence-corrected chi connectivity index (χ2v) is 16.2. The molecule has 0 radical (unpaired) electrons. The smallest absolute Gasteiger partial charge is 0.303 e. The minimum Gasteiger partial charge on any atom is -0.457 e. The van der Waals surface area contributed by atoms with E-state index in [4.69, 9.17) is 18.9 Å². The van der Waals surface area contributed by atoms with Gasteiger partial charge in [0.25, 0.3) is 0 Å². The van der Waals surface area contributed by atoms with Crippen LogP contribution in [-0.2, 0) is 28.5 Å². The van der Waals surface area contributed by atoms with E-state index in [0.29, 0.717) is 47.3 Å². The highest BCUT2D eigenvalue weighted by Gasteiger charge is 2.48. The van der Waals surface area contributed by atoms with Crippen molar-refractivity contribution in [2.24, 2.45) is 47.3 Å². The summed E-state index contributed by atoms with van der Waals surface area (Å²) in [5.74, 6) is 2.99. The molecule has 0 bridgehead atoms. The van der Waals surface area contributed by atoms with Gasteiger partial charge < -0.3 is 29.2 Å². The fourth-order valence-electron chi connectivity index (χ4n) is 7.76. The second-order valence-electron chi connectivity index (χ2n) is 16.2. The number of rotatable bonds is 10. The topological polar surface area (TPSA) is 112 Å². The lowest BCUT2D eigenvalue weighted by atomic mass is 9.71. The molecular weight excluding hydrogens is 560 g/mol. The number of hydrogen-bond donors (Lipinski definition) is 2. The van der Waals surface area contributed by atoms with Crippen LogP contribution in [0.5, 0.6) is 0 Å². The van der Waals surface area contributed by atoms with Crippen molar-refractivity contribution in [2.75, 3.05) is 0 Å². The van der Waals surface area contributed by atoms with Crippen molar-refractivity contribution >= 4 is 11.9 Å². The first-order valence-corrected chi connectivity index (χ1v) is 17.0. The van der Waals surface area contributed by atoms with Gasteiger partial charge in [-0.15, -0.1) is 0 Å². The number of esters is 2. The number of carbonyl (C=O) groups is 2. The van der Waals surface area contributed by atoms with Gasteiger partial charge in [-0.3, -0.25) is 9.59 Å². The zero-order chi connectivity index (χ0) is 34.5. The van der Waals surface area contributed by atoms with Crippen LogP contribution in [-0.4, -0.2) is 70.0 Å². The Bertz CT molecular complexity index is 812. The molecule has 0 aromatic heterocycles. The van der Waals surface area contributed by atoms with Gasteiger partial charge >= 0.3 is 11.9 Å². The summed E-state index contributed by atoms with van der Waals surface area (Å²) in [7, 11) is 0. The molecule has 0 aromatic rings. The fraction of sp³-hybridized carbons (Fsp3) is 0.944. The molecule has 2 aliphatic heterocycles. The van der Waals surface area contributed by atoms with Crippen molar-refractivity contribution in [2.45, 2.75) is 171 Å². The number of hydrogen-bond acceptors (Lipinski definition) is 8. The summed E-state index contributed by atoms with van der Waals surface area (Å²) in [6, 6.07) is 0. The van der Waals surface area contributed by atoms with E-state index in [0.717, 1.165) is 12.8 Å². The first-order valence-electron chi connectivity index (χ1n) is 17.0. The summed E-state index contributed by atoms with van der Waals surface area (Å²) in [6.07, 6.45) is 0.0386. The Morgan fingerprint density at radius 1 is 0.614 bits per heavy atom. The zero-order valence-corrected chi connectivity index (χ0v) is 30.8. The molecule has 0 amide bonds. The molecule has 44 heavy (non-hydrogen) atoms. The van der Waals surface area contributed by atoms with Crippen molar-refractivity contribution in [1.82, 2.24) is 0 Å². The molecule has 0 spiro atoms. The van der Waals surface area contributed by atoms with Gasteiger partial charge in [0, 0.05) is 13.8 Å². The number of carbonyl (C=O) groups excluding carboxylic acids is 2. The van der Waals surface area contributed by atoms with Gasteiger partial charge in [0.05, 0.1) is 35.6 Å². The quantitative estimate of drug-likeness (QED) is 0.254. The molecule has 0 aromatic carbocycles. The van der Waals surface area contributed by atoms with Gasteiger partial charge in [-0.05, 0) is 87.9 Å². The zero-order valence-electron chi connectivity index (χ0n) is 30.8. The molecule has 8 heteroatoms. The van der Waals surface area contributed by atoms with Crippen molar-refractivity contribution in [3.8, 4) is 0 Å². The van der Waals surface area contributed by atoms with E-state index in [1.54, 1.807) is 27.7 Å². The Balaban J connectivity index is 0.000000440. The van der Waals surface area contributed by atoms with E-state index < -0.39 is 23.4 Å². The van der Waals surface area contributed by atoms with Crippen molar-refractivity contribution in [3.05, 3.63) is 0 Å². The number of ether oxygens (including phenoxy) is 4. The minimum absolute atomic E-state index is 0.120. The van der Waals surface area contributed by atoms with Crippen LogP contribution < -0.4 is 0 Å². The molecule has 2 N–H and O–H groups in total. The van der Waals surface area contributed by atoms with Crippen molar-refractivity contribution in [3.63, 3.8) is 0 Å². The van der Waals surface area contributed by atoms with Gasteiger partial charge in [-0.1, -0.05) is 69.2 Å². The number of aliphatic hydroxyl groups is 2. The normalized spacial score (nSPS) is 31.4. The molecule has 8 nitrogen and oxygen atoms in total. The molecular formula is C36H68O8. The summed E-state index contributed by atoms with van der Waals surface area (Å²) in [5.41, 5.74) is -2.25. The van der Waals surface area contributed by atoms with Crippen LogP contribution in [0.4, 0.5) is 0 Å². The standard InChI is InChI=1S/2C18H34O4/c2*1-10(2)15-12(5)9-14(22-16(15)11(3)4)17(18(7,8)20)21-13(6)19/h2*10-12,14-17,20H,9H2,1-8H3/t12-,14?,15+,16-,17+;12-,14?,15-,16+,17+/m11/s1. The maximum absolute atomic E-state index is 11.4. The predicted octanol–water partition coefficient (Wildman–Crippen LogP) is 6.82. The lowest BCUT2D eigenvalue weighted by Gasteiger charge is -2.48. The Morgan fingerprint density at radius 3 is 1.07 bits per heavy atom. The summed E-state index contributed by atoms with van der Waals surface area (Å²) < 4.78 is 23.5. The Kier molecular flexibility index (Phi) is 15.4. The molecule has 260 valence electrons. The molecule has 2 fully saturated rings. The Hall–Kier alpha value is -1.22. The van der Waals surface area contributed by atoms with E-state index in [2.05, 4.69) is 69.2 Å². The van der Waals surface area contributed by atoms with Crippen molar-refractivity contribution < 1.29 is 38.7 Å². The summed E-state index contributed by atoms with van der Waals surface area (Å²) in [4.78, 5) is 22.8. The average Bonchev–Trinajstić information content (AvgIpc) is 2.83. The molecule has 2 heterocycles. The first-order chi connectivity index (χ1) is 19.9. The lowest BCUT2D eigenvalue weighted by molar-refractivity contribution is -0.216. The third kappa shape index (κ3) is 11.5. The molecule has 2 rings (SSSR count). The Labute approximate surface area is 269 Å². The van der Waals surface area contributed by atoms with Gasteiger partial charge in [0.1, 0.15) is 0 Å². The molecule has 2 aliphatic rings. The van der Waals surface area contributed by atoms with Crippen LogP contribution in [0.2, 0.25) is 0 Å². The first kappa shape index (κ1) is 40.8. The molecule has 10 atom stereocenters. The van der Waals surface area contributed by atoms with Crippen LogP contribution >= 0.6 is 0 Å². The Morgan fingerprint density at radius 2 is 0.886 bits per heavy atom. The van der Waals surface area contributed by atoms with Gasteiger partial charge in [0.15, 0.2) is 12.2 Å². The van der Waals surface area contributed by atoms with E-state index in [1.807, 2.05) is 0 Å². The van der Waals surface area contributed by atoms with Gasteiger partial charge in [0.2, 0.25) is 0 Å². The maximum atomic E-state index is 11.4. The predicted molar refractivity (Wildman–Crippen MR) is 175 cm³/mol. The lowest BCUT2D eigenvalue weighted by Crippen LogP contribution is -2.55. The highest BCUT2D eigenvalue weighted by Crippen LogP contribution is 2.42. The van der Waals surface area contributed by atoms with Crippen LogP contribution in [0, 0.1) is 47.3 Å². The minimum atomic E-state index is -1.12. The fourth-order valence-corrected chi connectivity index (χ4v) is 7.76. The van der Waals surface area contributed by atoms with Gasteiger partial charge in [-0.25, -0.2) is 0 Å². The third-order valence-electron chi connectivity index (χ3n) is 9.45. The second kappa shape index (κ2) is 16.6. The van der Waals surface area contributed by atoms with Gasteiger partial charge in [-0.2, -0.15) is 0 Å². The highest BCUT2D eigenvalue weighted by molar-refractivity contribution is 5.66. The summed E-state index contributed by atoms with van der Waals surface area (Å²) in [5, 5.41) is 20.8. The van der Waals surface area contributed by atoms with Crippen molar-refractivity contribution in [1.29, 1.82) is 0 Å². The molecule has 0 aliphatic carbocycles. The molecule has 2 unspecified atom stereocenters. The van der Waals surface area contributed by atoms with E-state index in [1.165, 1.54) is 13.8 Å². The van der Waals surface area contributed by atoms with E-state index in [-0.39, 0.29) is 36.4 Å². The SMILES string of the molecule is CC(=O)O[C@@H](C1C[C@@H](C)[C@@H](C(C)C)[C@H](C(C)C)O1)C(C)(C)O.CC(=O)O[C@@H](C1C[C@@H](C)[C@H](C(C)C)[C@@H](C(C)C)O1)C(C)(C)O. The third-order valence-corrected chi connectivity index (χ3v) is 9.45. The van der Waals surface area contributed by atoms with Crippen LogP contribution in [0.25, 0.3) is 0 Å². The average molecular weight is 629 g/mol. The largest absolute Gasteiger partial charge is 0.457 e. The highest BCUT2D eigenvalue weighted by atomic mass is 16.6. The van der Waals surface area contributed by atoms with Crippen LogP contribution in [0.1, 0.15) is 124 Å². The molecule has 2 saturated heterocycles. The monoisotopic (exact) mass is 628 g/mol. The van der Waals surface area contributed by atoms with Crippen LogP contribution in [0.15, 0.2) is 0 Å². The summed E-state index contributed by atoms with van der Waals surface area (Å²) in [6.45, 7) is 31.5. The van der Waals surface area contributed by atoms with Crippen LogP contribution in [0.3, 0.4) is 0 Å². The van der Waals surface area contributed by atoms with E-state index >= 15 is 0 Å². The molecule has 0 saturated carbocycles.